The average molecular weight is 683 g/mol. The first-order valence-corrected chi connectivity index (χ1v) is 19.2. The van der Waals surface area contributed by atoms with E-state index in [1.807, 2.05) is 14.0 Å². The number of likely N-dealkylation sites (tertiary alicyclic amines) is 1. The molecule has 1 spiro atoms. The van der Waals surface area contributed by atoms with Crippen molar-refractivity contribution in [3.8, 4) is 0 Å². The van der Waals surface area contributed by atoms with Crippen LogP contribution in [0.5, 0.6) is 0 Å². The minimum atomic E-state index is -0.920. The molecule has 5 fully saturated rings. The predicted molar refractivity (Wildman–Crippen MR) is 188 cm³/mol. The Morgan fingerprint density at radius 3 is 2.73 bits per heavy atom. The minimum absolute atomic E-state index is 0.0537. The average Bonchev–Trinajstić information content (AvgIpc) is 3.42. The fourth-order valence-corrected chi connectivity index (χ4v) is 10.3. The molecule has 0 radical (unpaired) electrons. The lowest BCUT2D eigenvalue weighted by Crippen LogP contribution is -2.65. The van der Waals surface area contributed by atoms with Gasteiger partial charge in [0, 0.05) is 68.8 Å². The number of ether oxygens (including phenoxy) is 3. The van der Waals surface area contributed by atoms with Crippen molar-refractivity contribution in [1.29, 1.82) is 0 Å². The SMILES string of the molecule is CC=C(C)C(=O)O[C@@]1(C)CC=C[C@H](C2CC(N)NCC2CC(=O)N2C[C@@H](CNC)[C@@H]2CCC(C)C)[C@@]12CC1CC3CCC(=O)OC3CC1O2. The summed E-state index contributed by atoms with van der Waals surface area (Å²) in [6.07, 6.45) is 13.4. The highest BCUT2D eigenvalue weighted by atomic mass is 16.6. The van der Waals surface area contributed by atoms with E-state index >= 15 is 0 Å². The first kappa shape index (κ1) is 36.5. The second-order valence-electron chi connectivity index (χ2n) is 16.8. The van der Waals surface area contributed by atoms with E-state index in [9.17, 15) is 14.4 Å². The van der Waals surface area contributed by atoms with Gasteiger partial charge in [-0.15, -0.1) is 0 Å². The summed E-state index contributed by atoms with van der Waals surface area (Å²) in [6, 6.07) is 0.275. The van der Waals surface area contributed by atoms with Gasteiger partial charge in [-0.05, 0) is 95.9 Å². The number of fused-ring (bicyclic) bond motifs is 2. The molecule has 1 saturated carbocycles. The first-order valence-electron chi connectivity index (χ1n) is 19.2. The number of nitrogens with zero attached hydrogens (tertiary/aromatic N) is 1. The number of esters is 2. The van der Waals surface area contributed by atoms with Crippen molar-refractivity contribution in [3.05, 3.63) is 23.8 Å². The molecule has 0 aromatic heterocycles. The van der Waals surface area contributed by atoms with Gasteiger partial charge in [0.1, 0.15) is 17.3 Å². The third-order valence-corrected chi connectivity index (χ3v) is 13.3. The Labute approximate surface area is 293 Å². The molecule has 0 aromatic carbocycles. The molecule has 10 nitrogen and oxygen atoms in total. The van der Waals surface area contributed by atoms with Crippen molar-refractivity contribution in [3.63, 3.8) is 0 Å². The van der Waals surface area contributed by atoms with Crippen LogP contribution in [-0.4, -0.2) is 85.0 Å². The summed E-state index contributed by atoms with van der Waals surface area (Å²) in [4.78, 5) is 42.0. The van der Waals surface area contributed by atoms with Gasteiger partial charge in [-0.3, -0.25) is 9.59 Å². The van der Waals surface area contributed by atoms with Gasteiger partial charge in [0.05, 0.1) is 12.3 Å². The first-order chi connectivity index (χ1) is 23.4. The van der Waals surface area contributed by atoms with E-state index in [1.165, 1.54) is 0 Å². The summed E-state index contributed by atoms with van der Waals surface area (Å²) in [5, 5.41) is 6.83. The molecule has 2 aliphatic carbocycles. The number of nitrogens with two attached hydrogens (primary N) is 1. The zero-order valence-corrected chi connectivity index (χ0v) is 30.7. The highest BCUT2D eigenvalue weighted by Gasteiger charge is 2.66. The summed E-state index contributed by atoms with van der Waals surface area (Å²) in [5.74, 6) is 1.49. The van der Waals surface area contributed by atoms with E-state index in [0.717, 1.165) is 45.2 Å². The van der Waals surface area contributed by atoms with Crippen LogP contribution in [-0.2, 0) is 28.6 Å². The monoisotopic (exact) mass is 682 g/mol. The summed E-state index contributed by atoms with van der Waals surface area (Å²) in [5.41, 5.74) is 5.50. The Morgan fingerprint density at radius 1 is 1.20 bits per heavy atom. The Bertz CT molecular complexity index is 1300. The van der Waals surface area contributed by atoms with Crippen molar-refractivity contribution in [2.75, 3.05) is 26.7 Å². The highest BCUT2D eigenvalue weighted by molar-refractivity contribution is 5.88. The Morgan fingerprint density at radius 2 is 2.00 bits per heavy atom. The predicted octanol–water partition coefficient (Wildman–Crippen LogP) is 4.47. The van der Waals surface area contributed by atoms with Gasteiger partial charge in [0.25, 0.3) is 0 Å². The topological polar surface area (TPSA) is 132 Å². The van der Waals surface area contributed by atoms with Crippen LogP contribution in [0, 0.1) is 41.4 Å². The van der Waals surface area contributed by atoms with Crippen LogP contribution >= 0.6 is 0 Å². The molecule has 1 amide bonds. The van der Waals surface area contributed by atoms with E-state index in [-0.39, 0.29) is 65.9 Å². The van der Waals surface area contributed by atoms with Gasteiger partial charge >= 0.3 is 11.9 Å². The number of amides is 1. The Kier molecular flexibility index (Phi) is 11.0. The van der Waals surface area contributed by atoms with Crippen LogP contribution < -0.4 is 16.4 Å². The number of allylic oxidation sites excluding steroid dienone is 1. The van der Waals surface area contributed by atoms with Crippen LogP contribution in [0.2, 0.25) is 0 Å². The molecule has 10 heteroatoms. The molecule has 12 atom stereocenters. The van der Waals surface area contributed by atoms with Crippen LogP contribution in [0.3, 0.4) is 0 Å². The normalized spacial score (nSPS) is 42.0. The number of hydrogen-bond acceptors (Lipinski definition) is 9. The van der Waals surface area contributed by atoms with E-state index in [4.69, 9.17) is 19.9 Å². The maximum Gasteiger partial charge on any atom is 0.334 e. The molecule has 49 heavy (non-hydrogen) atoms. The van der Waals surface area contributed by atoms with Crippen molar-refractivity contribution >= 4 is 17.8 Å². The van der Waals surface area contributed by atoms with Gasteiger partial charge in [0.2, 0.25) is 5.91 Å². The fourth-order valence-electron chi connectivity index (χ4n) is 10.3. The highest BCUT2D eigenvalue weighted by Crippen LogP contribution is 2.59. The summed E-state index contributed by atoms with van der Waals surface area (Å²) in [7, 11) is 1.99. The Balaban J connectivity index is 1.29. The second kappa shape index (κ2) is 14.8. The van der Waals surface area contributed by atoms with E-state index < -0.39 is 11.2 Å². The molecule has 4 saturated heterocycles. The van der Waals surface area contributed by atoms with Crippen molar-refractivity contribution in [2.24, 2.45) is 47.2 Å². The number of nitrogens with one attached hydrogen (secondary N) is 2. The number of carbonyl (C=O) groups excluding carboxylic acids is 3. The van der Waals surface area contributed by atoms with Crippen molar-refractivity contribution in [2.45, 2.75) is 134 Å². The molecule has 274 valence electrons. The minimum Gasteiger partial charge on any atom is -0.462 e. The zero-order valence-electron chi connectivity index (χ0n) is 30.7. The van der Waals surface area contributed by atoms with Crippen LogP contribution in [0.25, 0.3) is 0 Å². The number of hydrogen-bond donors (Lipinski definition) is 3. The molecule has 4 heterocycles. The third kappa shape index (κ3) is 7.13. The number of carbonyl (C=O) groups is 3. The molecule has 4 N–H and O–H groups in total. The molecule has 7 unspecified atom stereocenters. The van der Waals surface area contributed by atoms with Crippen LogP contribution in [0.15, 0.2) is 23.8 Å². The lowest BCUT2D eigenvalue weighted by molar-refractivity contribution is -0.227. The van der Waals surface area contributed by atoms with E-state index in [2.05, 4.69) is 48.5 Å². The number of rotatable bonds is 10. The lowest BCUT2D eigenvalue weighted by atomic mass is 9.58. The van der Waals surface area contributed by atoms with Crippen LogP contribution in [0.1, 0.15) is 98.8 Å². The van der Waals surface area contributed by atoms with Gasteiger partial charge in [-0.25, -0.2) is 4.79 Å². The number of piperidine rings is 1. The maximum atomic E-state index is 14.2. The van der Waals surface area contributed by atoms with Crippen LogP contribution in [0.4, 0.5) is 0 Å². The van der Waals surface area contributed by atoms with Crippen molar-refractivity contribution < 1.29 is 28.6 Å². The second-order valence-corrected chi connectivity index (χ2v) is 16.8. The third-order valence-electron chi connectivity index (χ3n) is 13.3. The van der Waals surface area contributed by atoms with Gasteiger partial charge in [-0.1, -0.05) is 32.1 Å². The molecular formula is C39H62N4O6. The molecule has 0 aromatic rings. The van der Waals surface area contributed by atoms with Gasteiger partial charge in [0.15, 0.2) is 0 Å². The molecule has 6 aliphatic rings. The van der Waals surface area contributed by atoms with E-state index in [0.29, 0.717) is 62.0 Å². The van der Waals surface area contributed by atoms with Crippen molar-refractivity contribution in [1.82, 2.24) is 15.5 Å². The summed E-state index contributed by atoms with van der Waals surface area (Å²) >= 11 is 0. The summed E-state index contributed by atoms with van der Waals surface area (Å²) in [6.45, 7) is 12.6. The Hall–Kier alpha value is -2.27. The molecule has 6 rings (SSSR count). The largest absolute Gasteiger partial charge is 0.462 e. The molecule has 4 aliphatic heterocycles. The smallest absolute Gasteiger partial charge is 0.334 e. The molecule has 0 bridgehead atoms. The molecular weight excluding hydrogens is 620 g/mol. The zero-order chi connectivity index (χ0) is 35.1. The quantitative estimate of drug-likeness (QED) is 0.174. The summed E-state index contributed by atoms with van der Waals surface area (Å²) < 4.78 is 19.7. The fraction of sp³-hybridized carbons (Fsp3) is 0.821. The maximum absolute atomic E-state index is 14.2. The lowest BCUT2D eigenvalue weighted by Gasteiger charge is -2.55. The van der Waals surface area contributed by atoms with Gasteiger partial charge < -0.3 is 35.5 Å². The van der Waals surface area contributed by atoms with Gasteiger partial charge in [-0.2, -0.15) is 0 Å². The van der Waals surface area contributed by atoms with E-state index in [1.54, 1.807) is 13.0 Å². The standard InChI is InChI=1S/C39H62N4O6/c1-7-24(4)37(46)49-38(5)14-8-9-30(39(38)19-26-15-25-11-13-36(45)47-32(25)18-33(26)48-39)29-17-34(40)42-21-27(29)16-35(44)43-22-28(20-41-6)31(43)12-10-23(2)3/h7-9,23,25-34,41-42H,10-22,40H2,1-6H3/t25?,26?,27?,28-,29?,30-,31+,32?,33?,34?,38+,39+/m1/s1.